The molecule has 0 atom stereocenters. The van der Waals surface area contributed by atoms with Gasteiger partial charge in [0.25, 0.3) is 0 Å². The van der Waals surface area contributed by atoms with Gasteiger partial charge in [-0.15, -0.1) is 0 Å². The first-order valence-electron chi connectivity index (χ1n) is 8.55. The van der Waals surface area contributed by atoms with Crippen molar-refractivity contribution in [3.8, 4) is 0 Å². The quantitative estimate of drug-likeness (QED) is 0.550. The zero-order valence-corrected chi connectivity index (χ0v) is 15.3. The van der Waals surface area contributed by atoms with E-state index in [0.717, 1.165) is 44.5 Å². The summed E-state index contributed by atoms with van der Waals surface area (Å²) in [4.78, 5) is 17.2. The highest BCUT2D eigenvalue weighted by atomic mass is 32.2. The number of piperazine rings is 1. The summed E-state index contributed by atoms with van der Waals surface area (Å²) in [6.07, 6.45) is 4.23. The molecule has 3 heterocycles. The lowest BCUT2D eigenvalue weighted by atomic mass is 10.3. The van der Waals surface area contributed by atoms with Crippen LogP contribution in [0.5, 0.6) is 0 Å². The molecule has 0 amide bonds. The molecule has 0 aromatic carbocycles. The van der Waals surface area contributed by atoms with Crippen molar-refractivity contribution in [1.82, 2.24) is 24.5 Å². The number of sulfonamides is 1. The van der Waals surface area contributed by atoms with Gasteiger partial charge in [0.05, 0.1) is 5.75 Å². The Balaban J connectivity index is 1.46. The summed E-state index contributed by atoms with van der Waals surface area (Å²) in [6.45, 7) is 4.96. The van der Waals surface area contributed by atoms with Crippen LogP contribution < -0.4 is 10.2 Å². The fraction of sp³-hybridized carbons (Fsp3) is 0.667. The topological polar surface area (TPSA) is 94.0 Å². The van der Waals surface area contributed by atoms with Crippen LogP contribution in [0.15, 0.2) is 23.5 Å². The monoisotopic (exact) mass is 367 g/mol. The summed E-state index contributed by atoms with van der Waals surface area (Å²) in [5.74, 6) is 1.83. The molecule has 0 radical (unpaired) electrons. The molecule has 0 unspecified atom stereocenters. The van der Waals surface area contributed by atoms with Gasteiger partial charge in [-0.25, -0.2) is 22.7 Å². The van der Waals surface area contributed by atoms with Gasteiger partial charge >= 0.3 is 0 Å². The summed E-state index contributed by atoms with van der Waals surface area (Å²) >= 11 is 0. The molecule has 2 aliphatic heterocycles. The molecule has 138 valence electrons. The van der Waals surface area contributed by atoms with E-state index in [4.69, 9.17) is 0 Å². The molecular weight excluding hydrogens is 342 g/mol. The lowest BCUT2D eigenvalue weighted by Crippen LogP contribution is -2.53. The van der Waals surface area contributed by atoms with E-state index in [2.05, 4.69) is 30.1 Å². The van der Waals surface area contributed by atoms with E-state index in [0.29, 0.717) is 19.6 Å². The Morgan fingerprint density at radius 2 is 1.92 bits per heavy atom. The van der Waals surface area contributed by atoms with Crippen LogP contribution in [-0.2, 0) is 10.0 Å². The first kappa shape index (κ1) is 17.9. The van der Waals surface area contributed by atoms with Crippen molar-refractivity contribution >= 4 is 21.9 Å². The minimum atomic E-state index is -3.04. The summed E-state index contributed by atoms with van der Waals surface area (Å²) < 4.78 is 25.2. The maximum Gasteiger partial charge on any atom is 0.225 e. The Labute approximate surface area is 148 Å². The summed E-state index contributed by atoms with van der Waals surface area (Å²) in [6, 6.07) is 1.81. The molecule has 1 N–H and O–H groups in total. The predicted octanol–water partition coefficient (Wildman–Crippen LogP) is -0.790. The Morgan fingerprint density at radius 3 is 2.52 bits per heavy atom. The molecular formula is C15H25N7O2S. The van der Waals surface area contributed by atoms with Crippen LogP contribution in [-0.4, -0.2) is 92.2 Å². The minimum Gasteiger partial charge on any atom is -0.355 e. The summed E-state index contributed by atoms with van der Waals surface area (Å²) in [5.41, 5.74) is 0. The second kappa shape index (κ2) is 7.96. The zero-order valence-electron chi connectivity index (χ0n) is 14.5. The largest absolute Gasteiger partial charge is 0.355 e. The molecule has 0 saturated carbocycles. The van der Waals surface area contributed by atoms with E-state index >= 15 is 0 Å². The second-order valence-electron chi connectivity index (χ2n) is 6.07. The van der Waals surface area contributed by atoms with Gasteiger partial charge < -0.3 is 15.1 Å². The van der Waals surface area contributed by atoms with Gasteiger partial charge in [-0.2, -0.15) is 0 Å². The first-order valence-corrected chi connectivity index (χ1v) is 10.2. The van der Waals surface area contributed by atoms with E-state index in [1.165, 1.54) is 0 Å². The number of anilines is 1. The van der Waals surface area contributed by atoms with E-state index in [1.54, 1.807) is 23.7 Å². The fourth-order valence-electron chi connectivity index (χ4n) is 3.14. The lowest BCUT2D eigenvalue weighted by Gasteiger charge is -2.36. The van der Waals surface area contributed by atoms with Crippen LogP contribution in [0.4, 0.5) is 5.95 Å². The van der Waals surface area contributed by atoms with Crippen molar-refractivity contribution in [2.45, 2.75) is 6.42 Å². The molecule has 9 nitrogen and oxygen atoms in total. The standard InChI is InChI=1S/C15H25N7O2S/c1-16-14(19-6-8-22-7-3-13-25(22,23)24)20-9-11-21(12-10-20)15-17-4-2-5-18-15/h2,4-5H,3,6-13H2,1H3,(H,16,19). The van der Waals surface area contributed by atoms with E-state index < -0.39 is 10.0 Å². The third kappa shape index (κ3) is 4.37. The average molecular weight is 367 g/mol. The van der Waals surface area contributed by atoms with E-state index in [1.807, 2.05) is 6.07 Å². The molecule has 2 aliphatic rings. The fourth-order valence-corrected chi connectivity index (χ4v) is 4.67. The Morgan fingerprint density at radius 1 is 1.20 bits per heavy atom. The molecule has 0 spiro atoms. The van der Waals surface area contributed by atoms with Gasteiger partial charge in [0.2, 0.25) is 16.0 Å². The Hall–Kier alpha value is -1.94. The van der Waals surface area contributed by atoms with Gasteiger partial charge in [-0.3, -0.25) is 4.99 Å². The molecule has 0 aliphatic carbocycles. The van der Waals surface area contributed by atoms with Crippen LogP contribution in [0.2, 0.25) is 0 Å². The molecule has 10 heteroatoms. The van der Waals surface area contributed by atoms with Crippen molar-refractivity contribution in [3.05, 3.63) is 18.5 Å². The van der Waals surface area contributed by atoms with Gasteiger partial charge in [0.1, 0.15) is 0 Å². The number of aliphatic imine (C=N–C) groups is 1. The van der Waals surface area contributed by atoms with E-state index in [9.17, 15) is 8.42 Å². The van der Waals surface area contributed by atoms with Gasteiger partial charge in [0.15, 0.2) is 5.96 Å². The predicted molar refractivity (Wildman–Crippen MR) is 97.2 cm³/mol. The van der Waals surface area contributed by atoms with Gasteiger partial charge in [-0.05, 0) is 12.5 Å². The summed E-state index contributed by atoms with van der Waals surface area (Å²) in [5, 5.41) is 3.28. The summed E-state index contributed by atoms with van der Waals surface area (Å²) in [7, 11) is -1.28. The number of hydrogen-bond donors (Lipinski definition) is 1. The number of guanidine groups is 1. The second-order valence-corrected chi connectivity index (χ2v) is 8.15. The number of aromatic nitrogens is 2. The van der Waals surface area contributed by atoms with E-state index in [-0.39, 0.29) is 5.75 Å². The van der Waals surface area contributed by atoms with Crippen molar-refractivity contribution in [1.29, 1.82) is 0 Å². The smallest absolute Gasteiger partial charge is 0.225 e. The lowest BCUT2D eigenvalue weighted by molar-refractivity contribution is 0.366. The molecule has 25 heavy (non-hydrogen) atoms. The Bertz CT molecular complexity index is 687. The van der Waals surface area contributed by atoms with Crippen LogP contribution >= 0.6 is 0 Å². The zero-order chi connectivity index (χ0) is 17.7. The highest BCUT2D eigenvalue weighted by Crippen LogP contribution is 2.12. The molecule has 0 bridgehead atoms. The number of nitrogens with zero attached hydrogens (tertiary/aromatic N) is 6. The van der Waals surface area contributed by atoms with Gasteiger partial charge in [0, 0.05) is 65.3 Å². The molecule has 2 saturated heterocycles. The van der Waals surface area contributed by atoms with Crippen molar-refractivity contribution in [2.24, 2.45) is 4.99 Å². The maximum atomic E-state index is 11.8. The molecule has 1 aromatic heterocycles. The van der Waals surface area contributed by atoms with Crippen LogP contribution in [0.1, 0.15) is 6.42 Å². The third-order valence-corrected chi connectivity index (χ3v) is 6.43. The molecule has 2 fully saturated rings. The Kier molecular flexibility index (Phi) is 5.69. The average Bonchev–Trinajstić information content (AvgIpc) is 2.98. The van der Waals surface area contributed by atoms with Gasteiger partial charge in [-0.1, -0.05) is 0 Å². The van der Waals surface area contributed by atoms with Crippen molar-refractivity contribution in [3.63, 3.8) is 0 Å². The number of nitrogens with one attached hydrogen (secondary N) is 1. The maximum absolute atomic E-state index is 11.8. The van der Waals surface area contributed by atoms with Crippen molar-refractivity contribution in [2.75, 3.05) is 63.5 Å². The van der Waals surface area contributed by atoms with Crippen LogP contribution in [0.25, 0.3) is 0 Å². The SMILES string of the molecule is CN=C(NCCN1CCCS1(=O)=O)N1CCN(c2ncccn2)CC1. The highest BCUT2D eigenvalue weighted by Gasteiger charge is 2.28. The van der Waals surface area contributed by atoms with Crippen LogP contribution in [0, 0.1) is 0 Å². The number of rotatable bonds is 4. The first-order chi connectivity index (χ1) is 12.1. The molecule has 1 aromatic rings. The highest BCUT2D eigenvalue weighted by molar-refractivity contribution is 7.89. The normalized spacial score (nSPS) is 21.6. The third-order valence-electron chi connectivity index (χ3n) is 4.47. The minimum absolute atomic E-state index is 0.269. The molecule has 3 rings (SSSR count). The van der Waals surface area contributed by atoms with Crippen LogP contribution in [0.3, 0.4) is 0 Å². The van der Waals surface area contributed by atoms with Crippen molar-refractivity contribution < 1.29 is 8.42 Å². The number of hydrogen-bond acceptors (Lipinski definition) is 6.